The first-order chi connectivity index (χ1) is 6.96. The molecule has 2 aliphatic heterocycles. The van der Waals surface area contributed by atoms with Crippen molar-refractivity contribution < 1.29 is 5.21 Å². The highest BCUT2D eigenvalue weighted by molar-refractivity contribution is 4.93. The van der Waals surface area contributed by atoms with Crippen molar-refractivity contribution in [1.29, 1.82) is 0 Å². The highest BCUT2D eigenvalue weighted by Gasteiger charge is 2.39. The molecule has 0 aromatic rings. The van der Waals surface area contributed by atoms with E-state index in [-0.39, 0.29) is 17.6 Å². The fourth-order valence-electron chi connectivity index (χ4n) is 3.07. The van der Waals surface area contributed by atoms with Gasteiger partial charge in [-0.3, -0.25) is 0 Å². The first-order valence-electron chi connectivity index (χ1n) is 6.19. The summed E-state index contributed by atoms with van der Waals surface area (Å²) in [6.07, 6.45) is 5.52. The number of hydrogen-bond donors (Lipinski definition) is 1. The summed E-state index contributed by atoms with van der Waals surface area (Å²) in [5.41, 5.74) is 0.171. The summed E-state index contributed by atoms with van der Waals surface area (Å²) in [7, 11) is 0. The SMILES string of the molecule is CC(C)(C)NC1CC2CCC[C@@H](C1)N2[O]. The third-order valence-electron chi connectivity index (χ3n) is 3.54. The second-order valence-electron chi connectivity index (χ2n) is 6.16. The first kappa shape index (κ1) is 11.4. The lowest BCUT2D eigenvalue weighted by molar-refractivity contribution is -0.247. The number of hydrogen-bond acceptors (Lipinski definition) is 2. The van der Waals surface area contributed by atoms with Crippen LogP contribution in [-0.2, 0) is 5.21 Å². The van der Waals surface area contributed by atoms with E-state index in [2.05, 4.69) is 26.1 Å². The topological polar surface area (TPSA) is 35.2 Å². The molecule has 0 aromatic heterocycles. The van der Waals surface area contributed by atoms with Gasteiger partial charge in [-0.1, -0.05) is 6.42 Å². The standard InChI is InChI=1S/C12H23N2O/c1-12(2,3)13-9-7-10-5-4-6-11(8-9)14(10)15/h9-11,13H,4-8H2,1-3H3/t9?,10-,11?/m0/s1. The van der Waals surface area contributed by atoms with Crippen molar-refractivity contribution >= 4 is 0 Å². The molecule has 2 fully saturated rings. The molecule has 2 aliphatic rings. The van der Waals surface area contributed by atoms with Crippen LogP contribution in [0.15, 0.2) is 0 Å². The van der Waals surface area contributed by atoms with Crippen molar-refractivity contribution in [3.05, 3.63) is 0 Å². The maximum atomic E-state index is 11.8. The summed E-state index contributed by atoms with van der Waals surface area (Å²) in [5, 5.41) is 16.8. The molecule has 3 heteroatoms. The molecule has 15 heavy (non-hydrogen) atoms. The zero-order valence-electron chi connectivity index (χ0n) is 10.1. The van der Waals surface area contributed by atoms with Gasteiger partial charge in [0.15, 0.2) is 0 Å². The third kappa shape index (κ3) is 2.71. The van der Waals surface area contributed by atoms with Crippen molar-refractivity contribution in [3.63, 3.8) is 0 Å². The summed E-state index contributed by atoms with van der Waals surface area (Å²) < 4.78 is 0. The lowest BCUT2D eigenvalue weighted by Crippen LogP contribution is -2.57. The minimum atomic E-state index is 0.171. The van der Waals surface area contributed by atoms with Crippen LogP contribution in [-0.4, -0.2) is 28.7 Å². The molecular formula is C12H23N2O. The van der Waals surface area contributed by atoms with Gasteiger partial charge < -0.3 is 5.32 Å². The number of fused-ring (bicyclic) bond motifs is 2. The van der Waals surface area contributed by atoms with Gasteiger partial charge in [-0.25, -0.2) is 0 Å². The van der Waals surface area contributed by atoms with Gasteiger partial charge in [0.25, 0.3) is 0 Å². The number of piperidine rings is 2. The summed E-state index contributed by atoms with van der Waals surface area (Å²) in [5.74, 6) is 0. The van der Waals surface area contributed by atoms with E-state index in [9.17, 15) is 5.21 Å². The second-order valence-corrected chi connectivity index (χ2v) is 6.16. The largest absolute Gasteiger partial charge is 0.309 e. The molecule has 0 aliphatic carbocycles. The van der Waals surface area contributed by atoms with Gasteiger partial charge in [0, 0.05) is 23.7 Å². The minimum absolute atomic E-state index is 0.171. The molecule has 3 atom stereocenters. The molecule has 0 spiro atoms. The van der Waals surface area contributed by atoms with Crippen molar-refractivity contribution in [2.75, 3.05) is 0 Å². The van der Waals surface area contributed by atoms with Crippen LogP contribution in [0.2, 0.25) is 0 Å². The highest BCUT2D eigenvalue weighted by atomic mass is 16.5. The van der Waals surface area contributed by atoms with Crippen LogP contribution in [0.4, 0.5) is 0 Å². The van der Waals surface area contributed by atoms with E-state index in [0.717, 1.165) is 25.7 Å². The van der Waals surface area contributed by atoms with Gasteiger partial charge >= 0.3 is 0 Å². The Kier molecular flexibility index (Phi) is 3.06. The Labute approximate surface area is 92.8 Å². The molecule has 0 aromatic carbocycles. The van der Waals surface area contributed by atoms with E-state index < -0.39 is 0 Å². The molecule has 2 bridgehead atoms. The van der Waals surface area contributed by atoms with Gasteiger partial charge in [0.05, 0.1) is 0 Å². The average Bonchev–Trinajstić information content (AvgIpc) is 2.04. The van der Waals surface area contributed by atoms with Crippen molar-refractivity contribution in [1.82, 2.24) is 10.4 Å². The third-order valence-corrected chi connectivity index (χ3v) is 3.54. The fourth-order valence-corrected chi connectivity index (χ4v) is 3.07. The van der Waals surface area contributed by atoms with Crippen molar-refractivity contribution in [2.45, 2.75) is 76.5 Å². The molecule has 2 unspecified atom stereocenters. The number of hydroxylamine groups is 2. The van der Waals surface area contributed by atoms with Gasteiger partial charge in [-0.05, 0) is 46.5 Å². The van der Waals surface area contributed by atoms with Crippen LogP contribution in [0.25, 0.3) is 0 Å². The maximum Gasteiger partial charge on any atom is 0.0401 e. The van der Waals surface area contributed by atoms with Crippen LogP contribution >= 0.6 is 0 Å². The fraction of sp³-hybridized carbons (Fsp3) is 1.00. The molecule has 0 amide bonds. The molecule has 2 heterocycles. The van der Waals surface area contributed by atoms with E-state index >= 15 is 0 Å². The molecule has 2 saturated heterocycles. The van der Waals surface area contributed by atoms with Crippen LogP contribution in [0.3, 0.4) is 0 Å². The van der Waals surface area contributed by atoms with Crippen LogP contribution in [0.5, 0.6) is 0 Å². The van der Waals surface area contributed by atoms with Gasteiger partial charge in [-0.2, -0.15) is 0 Å². The first-order valence-corrected chi connectivity index (χ1v) is 6.19. The molecule has 87 valence electrons. The van der Waals surface area contributed by atoms with E-state index in [4.69, 9.17) is 0 Å². The molecule has 1 N–H and O–H groups in total. The van der Waals surface area contributed by atoms with E-state index in [1.165, 1.54) is 11.5 Å². The number of nitrogens with one attached hydrogen (secondary N) is 1. The van der Waals surface area contributed by atoms with Crippen LogP contribution in [0.1, 0.15) is 52.9 Å². The Hall–Kier alpha value is -0.120. The summed E-state index contributed by atoms with van der Waals surface area (Å²) in [4.78, 5) is 0. The highest BCUT2D eigenvalue weighted by Crippen LogP contribution is 2.33. The van der Waals surface area contributed by atoms with Crippen LogP contribution in [0, 0.1) is 0 Å². The van der Waals surface area contributed by atoms with Gasteiger partial charge in [0.2, 0.25) is 0 Å². The zero-order valence-corrected chi connectivity index (χ0v) is 10.1. The van der Waals surface area contributed by atoms with E-state index in [1.54, 1.807) is 0 Å². The molecular weight excluding hydrogens is 188 g/mol. The van der Waals surface area contributed by atoms with E-state index in [0.29, 0.717) is 6.04 Å². The Morgan fingerprint density at radius 3 is 2.13 bits per heavy atom. The molecule has 1 radical (unpaired) electrons. The number of rotatable bonds is 1. The Balaban J connectivity index is 1.95. The molecule has 2 rings (SSSR count). The lowest BCUT2D eigenvalue weighted by atomic mass is 9.83. The summed E-state index contributed by atoms with van der Waals surface area (Å²) in [6.45, 7) is 6.60. The lowest BCUT2D eigenvalue weighted by Gasteiger charge is -2.45. The molecule has 0 saturated carbocycles. The Morgan fingerprint density at radius 2 is 1.67 bits per heavy atom. The quantitative estimate of drug-likeness (QED) is 0.721. The summed E-state index contributed by atoms with van der Waals surface area (Å²) in [6, 6.07) is 1.13. The van der Waals surface area contributed by atoms with Crippen LogP contribution < -0.4 is 5.32 Å². The van der Waals surface area contributed by atoms with E-state index in [1.807, 2.05) is 0 Å². The zero-order chi connectivity index (χ0) is 11.1. The number of nitrogens with zero attached hydrogens (tertiary/aromatic N) is 1. The Bertz CT molecular complexity index is 210. The maximum absolute atomic E-state index is 11.8. The normalized spacial score (nSPS) is 38.0. The minimum Gasteiger partial charge on any atom is -0.309 e. The van der Waals surface area contributed by atoms with Crippen molar-refractivity contribution in [2.24, 2.45) is 0 Å². The van der Waals surface area contributed by atoms with Crippen molar-refractivity contribution in [3.8, 4) is 0 Å². The summed E-state index contributed by atoms with van der Waals surface area (Å²) >= 11 is 0. The predicted molar refractivity (Wildman–Crippen MR) is 59.9 cm³/mol. The second kappa shape index (κ2) is 4.04. The Morgan fingerprint density at radius 1 is 1.13 bits per heavy atom. The molecule has 3 nitrogen and oxygen atoms in total. The average molecular weight is 211 g/mol. The smallest absolute Gasteiger partial charge is 0.0401 e. The predicted octanol–water partition coefficient (Wildman–Crippen LogP) is 2.11. The monoisotopic (exact) mass is 211 g/mol. The van der Waals surface area contributed by atoms with Gasteiger partial charge in [-0.15, -0.1) is 10.3 Å². The van der Waals surface area contributed by atoms with Gasteiger partial charge in [0.1, 0.15) is 0 Å².